The number of rotatable bonds is 8. The summed E-state index contributed by atoms with van der Waals surface area (Å²) in [5.41, 5.74) is 3.33. The fourth-order valence-corrected chi connectivity index (χ4v) is 3.58. The molecule has 0 radical (unpaired) electrons. The lowest BCUT2D eigenvalue weighted by molar-refractivity contribution is -0.119. The third-order valence-electron chi connectivity index (χ3n) is 3.63. The van der Waals surface area contributed by atoms with Gasteiger partial charge in [0, 0.05) is 9.13 Å². The number of nitrogens with one attached hydrogen (secondary N) is 1. The van der Waals surface area contributed by atoms with Crippen molar-refractivity contribution in [2.45, 2.75) is 0 Å². The number of hydrogen-bond acceptors (Lipinski definition) is 6. The van der Waals surface area contributed by atoms with E-state index in [2.05, 4.69) is 33.1 Å². The SMILES string of the molecule is COc1cccc(/C=N\NC(=O)CN(c2ccc(I)cc2)S(C)(=O)=O)c1OC. The van der Waals surface area contributed by atoms with Gasteiger partial charge in [0.2, 0.25) is 10.0 Å². The second kappa shape index (κ2) is 9.73. The summed E-state index contributed by atoms with van der Waals surface area (Å²) in [7, 11) is -0.624. The van der Waals surface area contributed by atoms with E-state index < -0.39 is 22.5 Å². The topological polar surface area (TPSA) is 97.3 Å². The predicted octanol–water partition coefficient (Wildman–Crippen LogP) is 2.22. The largest absolute Gasteiger partial charge is 0.493 e. The minimum absolute atomic E-state index is 0.397. The normalized spacial score (nSPS) is 11.3. The molecule has 0 fully saturated rings. The van der Waals surface area contributed by atoms with Gasteiger partial charge in [-0.15, -0.1) is 0 Å². The summed E-state index contributed by atoms with van der Waals surface area (Å²) in [6.07, 6.45) is 2.44. The maximum absolute atomic E-state index is 12.2. The van der Waals surface area contributed by atoms with E-state index in [0.29, 0.717) is 22.7 Å². The number of carbonyl (C=O) groups excluding carboxylic acids is 1. The highest BCUT2D eigenvalue weighted by molar-refractivity contribution is 14.1. The summed E-state index contributed by atoms with van der Waals surface area (Å²) in [5, 5.41) is 3.89. The van der Waals surface area contributed by atoms with Gasteiger partial charge in [-0.1, -0.05) is 6.07 Å². The van der Waals surface area contributed by atoms with E-state index >= 15 is 0 Å². The number of nitrogens with zero attached hydrogens (tertiary/aromatic N) is 2. The zero-order chi connectivity index (χ0) is 20.7. The van der Waals surface area contributed by atoms with Crippen molar-refractivity contribution in [1.29, 1.82) is 0 Å². The summed E-state index contributed by atoms with van der Waals surface area (Å²) < 4.78 is 36.6. The van der Waals surface area contributed by atoms with Crippen LogP contribution in [0.15, 0.2) is 47.6 Å². The first-order valence-electron chi connectivity index (χ1n) is 8.02. The van der Waals surface area contributed by atoms with E-state index in [0.717, 1.165) is 14.1 Å². The summed E-state index contributed by atoms with van der Waals surface area (Å²) in [4.78, 5) is 12.2. The molecule has 10 heteroatoms. The molecule has 0 atom stereocenters. The third kappa shape index (κ3) is 5.83. The molecule has 0 bridgehead atoms. The van der Waals surface area contributed by atoms with E-state index in [4.69, 9.17) is 9.47 Å². The molecule has 0 aromatic heterocycles. The van der Waals surface area contributed by atoms with Crippen molar-refractivity contribution in [3.8, 4) is 11.5 Å². The molecule has 2 aromatic rings. The first-order valence-corrected chi connectivity index (χ1v) is 10.9. The molecule has 8 nitrogen and oxygen atoms in total. The molecule has 0 saturated heterocycles. The second-order valence-corrected chi connectivity index (χ2v) is 8.77. The van der Waals surface area contributed by atoms with Gasteiger partial charge in [0.15, 0.2) is 11.5 Å². The van der Waals surface area contributed by atoms with Gasteiger partial charge in [-0.25, -0.2) is 13.8 Å². The van der Waals surface area contributed by atoms with Crippen LogP contribution in [-0.4, -0.2) is 47.6 Å². The third-order valence-corrected chi connectivity index (χ3v) is 5.49. The molecule has 0 saturated carbocycles. The number of methoxy groups -OCH3 is 2. The molecule has 1 amide bonds. The number of para-hydroxylation sites is 1. The summed E-state index contributed by atoms with van der Waals surface area (Å²) in [5.74, 6) is 0.418. The second-order valence-electron chi connectivity index (χ2n) is 5.62. The Morgan fingerprint density at radius 3 is 2.43 bits per heavy atom. The number of hydrazone groups is 1. The number of amides is 1. The quantitative estimate of drug-likeness (QED) is 0.329. The molecule has 150 valence electrons. The summed E-state index contributed by atoms with van der Waals surface area (Å²) >= 11 is 2.12. The molecule has 1 N–H and O–H groups in total. The highest BCUT2D eigenvalue weighted by Crippen LogP contribution is 2.29. The lowest BCUT2D eigenvalue weighted by Gasteiger charge is -2.21. The fraction of sp³-hybridized carbons (Fsp3) is 0.222. The van der Waals surface area contributed by atoms with Gasteiger partial charge in [0.25, 0.3) is 5.91 Å². The molecule has 0 spiro atoms. The number of hydrogen-bond donors (Lipinski definition) is 1. The van der Waals surface area contributed by atoms with Crippen LogP contribution >= 0.6 is 22.6 Å². The van der Waals surface area contributed by atoms with Crippen molar-refractivity contribution in [3.63, 3.8) is 0 Å². The van der Waals surface area contributed by atoms with E-state index in [1.807, 2.05) is 0 Å². The molecule has 0 aliphatic rings. The molecular formula is C18H20IN3O5S. The smallest absolute Gasteiger partial charge is 0.260 e. The Morgan fingerprint density at radius 2 is 1.86 bits per heavy atom. The van der Waals surface area contributed by atoms with Crippen LogP contribution in [0.25, 0.3) is 0 Å². The van der Waals surface area contributed by atoms with Crippen molar-refractivity contribution in [2.75, 3.05) is 31.3 Å². The van der Waals surface area contributed by atoms with E-state index in [9.17, 15) is 13.2 Å². The zero-order valence-electron chi connectivity index (χ0n) is 15.5. The number of ether oxygens (including phenoxy) is 2. The monoisotopic (exact) mass is 517 g/mol. The lowest BCUT2D eigenvalue weighted by Crippen LogP contribution is -2.39. The van der Waals surface area contributed by atoms with Crippen LogP contribution < -0.4 is 19.2 Å². The molecule has 2 rings (SSSR count). The molecular weight excluding hydrogens is 497 g/mol. The lowest BCUT2D eigenvalue weighted by atomic mass is 10.2. The average Bonchev–Trinajstić information content (AvgIpc) is 2.65. The number of sulfonamides is 1. The zero-order valence-corrected chi connectivity index (χ0v) is 18.5. The highest BCUT2D eigenvalue weighted by Gasteiger charge is 2.20. The Kier molecular flexibility index (Phi) is 7.63. The standard InChI is InChI=1S/C18H20IN3O5S/c1-26-16-6-4-5-13(18(16)27-2)11-20-21-17(23)12-22(28(3,24)25)15-9-7-14(19)8-10-15/h4-11H,12H2,1-3H3,(H,21,23)/b20-11-. The number of anilines is 1. The van der Waals surface area contributed by atoms with Crippen LogP contribution in [-0.2, 0) is 14.8 Å². The van der Waals surface area contributed by atoms with Gasteiger partial charge in [0.1, 0.15) is 6.54 Å². The molecule has 0 aliphatic heterocycles. The van der Waals surface area contributed by atoms with Gasteiger partial charge in [-0.05, 0) is 59.0 Å². The van der Waals surface area contributed by atoms with Gasteiger partial charge < -0.3 is 9.47 Å². The van der Waals surface area contributed by atoms with Gasteiger partial charge in [-0.2, -0.15) is 5.10 Å². The Balaban J connectivity index is 2.12. The summed E-state index contributed by atoms with van der Waals surface area (Å²) in [6, 6.07) is 12.0. The van der Waals surface area contributed by atoms with Gasteiger partial charge in [0.05, 0.1) is 32.4 Å². The first kappa shape index (κ1) is 22.0. The van der Waals surface area contributed by atoms with Crippen molar-refractivity contribution in [1.82, 2.24) is 5.43 Å². The van der Waals surface area contributed by atoms with Crippen LogP contribution in [0.1, 0.15) is 5.56 Å². The minimum atomic E-state index is -3.64. The van der Waals surface area contributed by atoms with Crippen molar-refractivity contribution < 1.29 is 22.7 Å². The minimum Gasteiger partial charge on any atom is -0.493 e. The molecule has 0 aliphatic carbocycles. The van der Waals surface area contributed by atoms with Gasteiger partial charge >= 0.3 is 0 Å². The van der Waals surface area contributed by atoms with Crippen molar-refractivity contribution in [2.24, 2.45) is 5.10 Å². The molecule has 0 unspecified atom stereocenters. The molecule has 28 heavy (non-hydrogen) atoms. The number of benzene rings is 2. The Bertz CT molecular complexity index is 962. The van der Waals surface area contributed by atoms with Crippen LogP contribution in [0.2, 0.25) is 0 Å². The Labute approximate surface area is 177 Å². The van der Waals surface area contributed by atoms with Gasteiger partial charge in [-0.3, -0.25) is 9.10 Å². The van der Waals surface area contributed by atoms with Crippen molar-refractivity contribution in [3.05, 3.63) is 51.6 Å². The van der Waals surface area contributed by atoms with Crippen LogP contribution in [0.4, 0.5) is 5.69 Å². The van der Waals surface area contributed by atoms with Crippen molar-refractivity contribution >= 4 is 50.4 Å². The van der Waals surface area contributed by atoms with Crippen LogP contribution in [0, 0.1) is 3.57 Å². The fourth-order valence-electron chi connectivity index (χ4n) is 2.36. The van der Waals surface area contributed by atoms with Crippen LogP contribution in [0.5, 0.6) is 11.5 Å². The summed E-state index contributed by atoms with van der Waals surface area (Å²) in [6.45, 7) is -0.397. The van der Waals surface area contributed by atoms with Crippen LogP contribution in [0.3, 0.4) is 0 Å². The van der Waals surface area contributed by atoms with E-state index in [1.54, 1.807) is 42.5 Å². The maximum Gasteiger partial charge on any atom is 0.260 e. The highest BCUT2D eigenvalue weighted by atomic mass is 127. The number of carbonyl (C=O) groups is 1. The van der Waals surface area contributed by atoms with E-state index in [-0.39, 0.29) is 0 Å². The average molecular weight is 517 g/mol. The molecule has 2 aromatic carbocycles. The first-order chi connectivity index (χ1) is 13.3. The van der Waals surface area contributed by atoms with E-state index in [1.165, 1.54) is 20.4 Å². The predicted molar refractivity (Wildman–Crippen MR) is 117 cm³/mol. The maximum atomic E-state index is 12.2. The Morgan fingerprint density at radius 1 is 1.18 bits per heavy atom. The Hall–Kier alpha value is -2.34. The number of halogens is 1. The molecule has 0 heterocycles.